The molecule has 9 heteroatoms. The first-order valence-electron chi connectivity index (χ1n) is 12.6. The van der Waals surface area contributed by atoms with E-state index >= 15 is 0 Å². The number of carbonyl (C=O) groups is 3. The molecule has 3 fully saturated rings. The van der Waals surface area contributed by atoms with E-state index in [1.54, 1.807) is 12.1 Å². The van der Waals surface area contributed by atoms with Crippen LogP contribution in [0.15, 0.2) is 30.3 Å². The number of alkyl halides is 1. The van der Waals surface area contributed by atoms with Crippen molar-refractivity contribution in [2.24, 2.45) is 17.8 Å². The average molecular weight is 550 g/mol. The second-order valence-corrected chi connectivity index (χ2v) is 11.4. The molecule has 3 amide bonds. The van der Waals surface area contributed by atoms with Crippen molar-refractivity contribution in [1.29, 1.82) is 0 Å². The minimum absolute atomic E-state index is 0.0804. The van der Waals surface area contributed by atoms with Crippen LogP contribution >= 0.6 is 15.9 Å². The van der Waals surface area contributed by atoms with E-state index in [1.807, 2.05) is 32.0 Å². The van der Waals surface area contributed by atoms with Crippen molar-refractivity contribution in [2.45, 2.75) is 75.1 Å². The first-order valence-corrected chi connectivity index (χ1v) is 13.6. The maximum Gasteiger partial charge on any atom is 0.245 e. The highest BCUT2D eigenvalue weighted by Gasteiger charge is 2.77. The van der Waals surface area contributed by atoms with Gasteiger partial charge in [0.15, 0.2) is 0 Å². The Hall–Kier alpha value is -1.97. The van der Waals surface area contributed by atoms with E-state index in [4.69, 9.17) is 4.74 Å². The second kappa shape index (κ2) is 10.6. The van der Waals surface area contributed by atoms with Crippen LogP contribution in [-0.4, -0.2) is 69.5 Å². The van der Waals surface area contributed by atoms with Gasteiger partial charge < -0.3 is 25.4 Å². The highest BCUT2D eigenvalue weighted by atomic mass is 79.9. The zero-order chi connectivity index (χ0) is 25.3. The number of benzene rings is 1. The molecule has 3 aliphatic heterocycles. The second-order valence-electron chi connectivity index (χ2n) is 10.3. The Bertz CT molecular complexity index is 944. The molecule has 0 radical (unpaired) electrons. The number of likely N-dealkylation sites (tertiary alicyclic amines) is 1. The number of hydrogen-bond acceptors (Lipinski definition) is 5. The molecule has 3 unspecified atom stereocenters. The highest BCUT2D eigenvalue weighted by Crippen LogP contribution is 2.60. The van der Waals surface area contributed by atoms with Crippen LogP contribution < -0.4 is 10.6 Å². The molecule has 1 aromatic rings. The quantitative estimate of drug-likeness (QED) is 0.307. The molecule has 8 nitrogen and oxygen atoms in total. The third-order valence-electron chi connectivity index (χ3n) is 7.71. The lowest BCUT2D eigenvalue weighted by molar-refractivity contribution is -0.146. The SMILES string of the molecule is CCCCCNC(=O)C1N([C@@H](CO)C(C)C)C(=O)[C@@H]2[C@@H](C(=O)Nc3ccccc3)[C@@H]3OC12CC3Br. The zero-order valence-corrected chi connectivity index (χ0v) is 22.2. The molecule has 0 saturated carbocycles. The van der Waals surface area contributed by atoms with Crippen LogP contribution in [0, 0.1) is 17.8 Å². The molecule has 1 spiro atoms. The summed E-state index contributed by atoms with van der Waals surface area (Å²) in [6.07, 6.45) is 2.81. The van der Waals surface area contributed by atoms with Crippen LogP contribution in [0.1, 0.15) is 46.5 Å². The number of ether oxygens (including phenoxy) is 1. The number of aliphatic hydroxyl groups excluding tert-OH is 1. The van der Waals surface area contributed by atoms with E-state index in [0.717, 1.165) is 19.3 Å². The number of nitrogens with one attached hydrogen (secondary N) is 2. The minimum atomic E-state index is -1.12. The molecule has 3 saturated heterocycles. The van der Waals surface area contributed by atoms with E-state index in [9.17, 15) is 19.5 Å². The fourth-order valence-corrected chi connectivity index (χ4v) is 7.02. The van der Waals surface area contributed by atoms with Gasteiger partial charge in [0.2, 0.25) is 17.7 Å². The average Bonchev–Trinajstić information content (AvgIpc) is 3.41. The first kappa shape index (κ1) is 26.1. The Labute approximate surface area is 215 Å². The predicted molar refractivity (Wildman–Crippen MR) is 136 cm³/mol. The fourth-order valence-electron chi connectivity index (χ4n) is 6.07. The van der Waals surface area contributed by atoms with E-state index < -0.39 is 35.6 Å². The molecule has 1 aromatic carbocycles. The third-order valence-corrected chi connectivity index (χ3v) is 8.56. The van der Waals surface area contributed by atoms with Gasteiger partial charge in [-0.1, -0.05) is 67.7 Å². The molecule has 3 heterocycles. The Kier molecular flexibility index (Phi) is 7.88. The van der Waals surface area contributed by atoms with Gasteiger partial charge in [-0.05, 0) is 30.9 Å². The predicted octanol–water partition coefficient (Wildman–Crippen LogP) is 2.70. The van der Waals surface area contributed by atoms with E-state index in [1.165, 1.54) is 4.90 Å². The number of unbranched alkanes of at least 4 members (excludes halogenated alkanes) is 2. The maximum atomic E-state index is 14.0. The lowest BCUT2D eigenvalue weighted by Gasteiger charge is -2.38. The summed E-state index contributed by atoms with van der Waals surface area (Å²) in [7, 11) is 0. The summed E-state index contributed by atoms with van der Waals surface area (Å²) in [6.45, 7) is 6.17. The Balaban J connectivity index is 1.69. The van der Waals surface area contributed by atoms with Gasteiger partial charge in [-0.15, -0.1) is 0 Å². The summed E-state index contributed by atoms with van der Waals surface area (Å²) < 4.78 is 6.49. The van der Waals surface area contributed by atoms with Crippen molar-refractivity contribution in [3.63, 3.8) is 0 Å². The standard InChI is InChI=1S/C26H36BrN3O5/c1-4-5-9-12-28-24(33)22-26-13-17(27)21(35-26)19(23(32)29-16-10-7-6-8-11-16)20(26)25(34)30(22)18(14-31)15(2)3/h6-8,10-11,15,17-22,31H,4-5,9,12-14H2,1-3H3,(H,28,33)(H,29,32)/t17?,18-,19+,20-,21+,22?,26?/m0/s1. The largest absolute Gasteiger partial charge is 0.394 e. The molecule has 3 N–H and O–H groups in total. The van der Waals surface area contributed by atoms with Crippen LogP contribution in [0.4, 0.5) is 5.69 Å². The summed E-state index contributed by atoms with van der Waals surface area (Å²) >= 11 is 3.68. The summed E-state index contributed by atoms with van der Waals surface area (Å²) in [6, 6.07) is 7.66. The van der Waals surface area contributed by atoms with Gasteiger partial charge in [0.1, 0.15) is 11.6 Å². The Morgan fingerprint density at radius 2 is 1.94 bits per heavy atom. The van der Waals surface area contributed by atoms with Crippen molar-refractivity contribution in [1.82, 2.24) is 10.2 Å². The van der Waals surface area contributed by atoms with Gasteiger partial charge in [0, 0.05) is 17.1 Å². The summed E-state index contributed by atoms with van der Waals surface area (Å²) in [5.74, 6) is -2.47. The number of nitrogens with zero attached hydrogens (tertiary/aromatic N) is 1. The molecule has 0 aliphatic carbocycles. The van der Waals surface area contributed by atoms with Crippen molar-refractivity contribution in [2.75, 3.05) is 18.5 Å². The number of anilines is 1. The number of carbonyl (C=O) groups excluding carboxylic acids is 3. The number of para-hydroxylation sites is 1. The molecule has 35 heavy (non-hydrogen) atoms. The molecule has 2 bridgehead atoms. The van der Waals surface area contributed by atoms with E-state index in [2.05, 4.69) is 33.5 Å². The number of fused-ring (bicyclic) bond motifs is 1. The Morgan fingerprint density at radius 3 is 2.57 bits per heavy atom. The molecular weight excluding hydrogens is 514 g/mol. The summed E-state index contributed by atoms with van der Waals surface area (Å²) in [4.78, 5) is 42.5. The minimum Gasteiger partial charge on any atom is -0.394 e. The van der Waals surface area contributed by atoms with Crippen molar-refractivity contribution >= 4 is 39.3 Å². The normalized spacial score (nSPS) is 32.1. The number of amides is 3. The number of halogens is 1. The zero-order valence-electron chi connectivity index (χ0n) is 20.6. The molecule has 4 rings (SSSR count). The first-order chi connectivity index (χ1) is 16.8. The molecule has 0 aromatic heterocycles. The van der Waals surface area contributed by atoms with E-state index in [0.29, 0.717) is 18.7 Å². The molecule has 3 aliphatic rings. The van der Waals surface area contributed by atoms with Gasteiger partial charge in [-0.2, -0.15) is 0 Å². The summed E-state index contributed by atoms with van der Waals surface area (Å²) in [5.41, 5.74) is -0.477. The third kappa shape index (κ3) is 4.51. The van der Waals surface area contributed by atoms with Crippen LogP contribution in [0.3, 0.4) is 0 Å². The van der Waals surface area contributed by atoms with Crippen LogP contribution in [0.25, 0.3) is 0 Å². The fraction of sp³-hybridized carbons (Fsp3) is 0.654. The lowest BCUT2D eigenvalue weighted by atomic mass is 9.70. The van der Waals surface area contributed by atoms with Crippen LogP contribution in [0.2, 0.25) is 0 Å². The van der Waals surface area contributed by atoms with Crippen molar-refractivity contribution in [3.8, 4) is 0 Å². The molecule has 192 valence electrons. The molecule has 7 atom stereocenters. The summed E-state index contributed by atoms with van der Waals surface area (Å²) in [5, 5.41) is 16.2. The van der Waals surface area contributed by atoms with Gasteiger partial charge in [-0.25, -0.2) is 0 Å². The number of aliphatic hydroxyl groups is 1. The lowest BCUT2D eigenvalue weighted by Crippen LogP contribution is -2.59. The highest BCUT2D eigenvalue weighted by molar-refractivity contribution is 9.09. The van der Waals surface area contributed by atoms with Gasteiger partial charge >= 0.3 is 0 Å². The van der Waals surface area contributed by atoms with Crippen molar-refractivity contribution in [3.05, 3.63) is 30.3 Å². The maximum absolute atomic E-state index is 14.0. The Morgan fingerprint density at radius 1 is 1.23 bits per heavy atom. The van der Waals surface area contributed by atoms with E-state index in [-0.39, 0.29) is 35.1 Å². The van der Waals surface area contributed by atoms with Crippen molar-refractivity contribution < 1.29 is 24.2 Å². The smallest absolute Gasteiger partial charge is 0.245 e. The van der Waals surface area contributed by atoms with Gasteiger partial charge in [0.25, 0.3) is 0 Å². The van der Waals surface area contributed by atoms with Gasteiger partial charge in [-0.3, -0.25) is 14.4 Å². The van der Waals surface area contributed by atoms with Crippen LogP contribution in [-0.2, 0) is 19.1 Å². The number of rotatable bonds is 10. The van der Waals surface area contributed by atoms with Gasteiger partial charge in [0.05, 0.1) is 30.6 Å². The monoisotopic (exact) mass is 549 g/mol. The number of hydrogen-bond donors (Lipinski definition) is 3. The molecular formula is C26H36BrN3O5. The topological polar surface area (TPSA) is 108 Å². The van der Waals surface area contributed by atoms with Crippen LogP contribution in [0.5, 0.6) is 0 Å².